The normalized spacial score (nSPS) is 25.6. The molecule has 5 heteroatoms. The molecule has 1 saturated carbocycles. The highest BCUT2D eigenvalue weighted by atomic mass is 31.2. The number of hydrogen-bond acceptors (Lipinski definition) is 2. The molecule has 0 aromatic rings. The minimum absolute atomic E-state index is 0.668. The molecule has 1 atom stereocenters. The summed E-state index contributed by atoms with van der Waals surface area (Å²) in [6, 6.07) is 0. The first-order chi connectivity index (χ1) is 6.47. The van der Waals surface area contributed by atoms with Crippen LogP contribution in [0.4, 0.5) is 4.20 Å². The smallest absolute Gasteiger partial charge is 0.299 e. The van der Waals surface area contributed by atoms with E-state index < -0.39 is 13.5 Å². The van der Waals surface area contributed by atoms with Gasteiger partial charge in [0.15, 0.2) is 0 Å². The van der Waals surface area contributed by atoms with Gasteiger partial charge in [-0.15, -0.1) is 4.20 Å². The standard InChI is InChI=1S/C9H18FO3P/c1-2-6-9(13-14(10,11)12)7-4-3-5-8-9/h2-8H2,1H3,(H,11,12). The third-order valence-electron chi connectivity index (χ3n) is 2.78. The average Bonchev–Trinajstić information content (AvgIpc) is 2.02. The fraction of sp³-hybridized carbons (Fsp3) is 1.00. The fourth-order valence-corrected chi connectivity index (χ4v) is 3.03. The Morgan fingerprint density at radius 3 is 2.43 bits per heavy atom. The van der Waals surface area contributed by atoms with Gasteiger partial charge in [-0.2, -0.15) is 0 Å². The van der Waals surface area contributed by atoms with E-state index in [1.165, 1.54) is 0 Å². The van der Waals surface area contributed by atoms with E-state index in [2.05, 4.69) is 0 Å². The number of halogens is 1. The van der Waals surface area contributed by atoms with Crippen molar-refractivity contribution in [2.45, 2.75) is 57.5 Å². The van der Waals surface area contributed by atoms with Gasteiger partial charge in [0.05, 0.1) is 5.60 Å². The van der Waals surface area contributed by atoms with Gasteiger partial charge in [0.1, 0.15) is 0 Å². The maximum atomic E-state index is 12.6. The monoisotopic (exact) mass is 224 g/mol. The van der Waals surface area contributed by atoms with E-state index in [0.29, 0.717) is 19.3 Å². The summed E-state index contributed by atoms with van der Waals surface area (Å²) in [7, 11) is -4.83. The van der Waals surface area contributed by atoms with Crippen molar-refractivity contribution in [3.05, 3.63) is 0 Å². The lowest BCUT2D eigenvalue weighted by molar-refractivity contribution is 0.00268. The van der Waals surface area contributed by atoms with Crippen molar-refractivity contribution >= 4 is 7.91 Å². The summed E-state index contributed by atoms with van der Waals surface area (Å²) < 4.78 is 28.0. The van der Waals surface area contributed by atoms with E-state index in [-0.39, 0.29) is 0 Å². The molecule has 0 saturated heterocycles. The van der Waals surface area contributed by atoms with Gasteiger partial charge in [-0.25, -0.2) is 4.57 Å². The molecule has 0 radical (unpaired) electrons. The topological polar surface area (TPSA) is 46.5 Å². The van der Waals surface area contributed by atoms with Crippen LogP contribution in [0, 0.1) is 0 Å². The molecule has 0 aromatic heterocycles. The molecule has 1 N–H and O–H groups in total. The SMILES string of the molecule is CCCC1(OP(=O)(O)F)CCCCC1. The van der Waals surface area contributed by atoms with E-state index >= 15 is 0 Å². The van der Waals surface area contributed by atoms with Crippen LogP contribution >= 0.6 is 7.91 Å². The van der Waals surface area contributed by atoms with Gasteiger partial charge in [-0.1, -0.05) is 32.6 Å². The van der Waals surface area contributed by atoms with Crippen molar-refractivity contribution in [1.82, 2.24) is 0 Å². The van der Waals surface area contributed by atoms with Crippen LogP contribution in [-0.4, -0.2) is 10.5 Å². The van der Waals surface area contributed by atoms with Crippen molar-refractivity contribution in [3.8, 4) is 0 Å². The first-order valence-corrected chi connectivity index (χ1v) is 6.67. The number of hydrogen-bond donors (Lipinski definition) is 1. The van der Waals surface area contributed by atoms with Crippen LogP contribution in [0.2, 0.25) is 0 Å². The van der Waals surface area contributed by atoms with Gasteiger partial charge in [0.25, 0.3) is 0 Å². The van der Waals surface area contributed by atoms with Crippen LogP contribution in [-0.2, 0) is 9.09 Å². The summed E-state index contributed by atoms with van der Waals surface area (Å²) in [5.41, 5.74) is -0.675. The maximum Gasteiger partial charge on any atom is 0.511 e. The van der Waals surface area contributed by atoms with Crippen LogP contribution < -0.4 is 0 Å². The second-order valence-electron chi connectivity index (χ2n) is 4.04. The third-order valence-corrected chi connectivity index (χ3v) is 3.39. The molecule has 0 aromatic carbocycles. The van der Waals surface area contributed by atoms with Crippen molar-refractivity contribution in [1.29, 1.82) is 0 Å². The zero-order chi connectivity index (χ0) is 10.7. The Morgan fingerprint density at radius 1 is 1.43 bits per heavy atom. The van der Waals surface area contributed by atoms with Crippen LogP contribution in [0.3, 0.4) is 0 Å². The molecule has 14 heavy (non-hydrogen) atoms. The molecule has 1 aliphatic carbocycles. The van der Waals surface area contributed by atoms with Crippen LogP contribution in [0.15, 0.2) is 0 Å². The molecular weight excluding hydrogens is 206 g/mol. The Bertz CT molecular complexity index is 215. The van der Waals surface area contributed by atoms with Crippen molar-refractivity contribution < 1.29 is 18.2 Å². The van der Waals surface area contributed by atoms with Crippen LogP contribution in [0.25, 0.3) is 0 Å². The molecule has 0 heterocycles. The Hall–Kier alpha value is 0.0800. The molecule has 0 amide bonds. The maximum absolute atomic E-state index is 12.6. The van der Waals surface area contributed by atoms with Gasteiger partial charge in [0, 0.05) is 0 Å². The Morgan fingerprint density at radius 2 is 2.00 bits per heavy atom. The van der Waals surface area contributed by atoms with Crippen molar-refractivity contribution in [2.75, 3.05) is 0 Å². The minimum Gasteiger partial charge on any atom is -0.299 e. The summed E-state index contributed by atoms with van der Waals surface area (Å²) in [4.78, 5) is 8.63. The quantitative estimate of drug-likeness (QED) is 0.742. The van der Waals surface area contributed by atoms with E-state index in [1.54, 1.807) is 0 Å². The fourth-order valence-electron chi connectivity index (χ4n) is 2.28. The highest BCUT2D eigenvalue weighted by Gasteiger charge is 2.38. The number of rotatable bonds is 4. The van der Waals surface area contributed by atoms with Gasteiger partial charge in [0.2, 0.25) is 0 Å². The molecule has 0 spiro atoms. The average molecular weight is 224 g/mol. The summed E-state index contributed by atoms with van der Waals surface area (Å²) in [5.74, 6) is 0. The van der Waals surface area contributed by atoms with Gasteiger partial charge < -0.3 is 0 Å². The van der Waals surface area contributed by atoms with Gasteiger partial charge in [-0.05, 0) is 19.3 Å². The van der Waals surface area contributed by atoms with Gasteiger partial charge in [-0.3, -0.25) is 9.42 Å². The predicted octanol–water partition coefficient (Wildman–Crippen LogP) is 3.58. The lowest BCUT2D eigenvalue weighted by Gasteiger charge is -2.36. The molecule has 0 aliphatic heterocycles. The van der Waals surface area contributed by atoms with E-state index in [0.717, 1.165) is 25.7 Å². The van der Waals surface area contributed by atoms with Crippen molar-refractivity contribution in [2.24, 2.45) is 0 Å². The summed E-state index contributed by atoms with van der Waals surface area (Å²) >= 11 is 0. The Labute approximate surface area is 84.3 Å². The zero-order valence-corrected chi connectivity index (χ0v) is 9.43. The molecule has 0 bridgehead atoms. The van der Waals surface area contributed by atoms with E-state index in [9.17, 15) is 8.76 Å². The molecular formula is C9H18FO3P. The molecule has 3 nitrogen and oxygen atoms in total. The van der Waals surface area contributed by atoms with Gasteiger partial charge >= 0.3 is 7.91 Å². The molecule has 1 aliphatic rings. The molecule has 1 fully saturated rings. The molecule has 1 rings (SSSR count). The lowest BCUT2D eigenvalue weighted by atomic mass is 9.82. The first kappa shape index (κ1) is 12.2. The first-order valence-electron chi connectivity index (χ1n) is 5.21. The highest BCUT2D eigenvalue weighted by molar-refractivity contribution is 7.47. The molecule has 1 unspecified atom stereocenters. The third kappa shape index (κ3) is 3.68. The summed E-state index contributed by atoms with van der Waals surface area (Å²) in [6.45, 7) is 1.97. The van der Waals surface area contributed by atoms with E-state index in [4.69, 9.17) is 9.42 Å². The zero-order valence-electron chi connectivity index (χ0n) is 8.54. The van der Waals surface area contributed by atoms with Crippen molar-refractivity contribution in [3.63, 3.8) is 0 Å². The summed E-state index contributed by atoms with van der Waals surface area (Å²) in [6.07, 6.45) is 5.95. The largest absolute Gasteiger partial charge is 0.511 e. The second kappa shape index (κ2) is 4.73. The van der Waals surface area contributed by atoms with E-state index in [1.807, 2.05) is 6.92 Å². The second-order valence-corrected chi connectivity index (χ2v) is 5.12. The molecule has 84 valence electrons. The summed E-state index contributed by atoms with van der Waals surface area (Å²) in [5, 5.41) is 0. The predicted molar refractivity (Wildman–Crippen MR) is 52.7 cm³/mol. The lowest BCUT2D eigenvalue weighted by Crippen LogP contribution is -2.33. The Kier molecular flexibility index (Phi) is 4.11. The Balaban J connectivity index is 2.65. The highest BCUT2D eigenvalue weighted by Crippen LogP contribution is 2.52. The van der Waals surface area contributed by atoms with Crippen LogP contribution in [0.1, 0.15) is 51.9 Å². The minimum atomic E-state index is -4.83. The van der Waals surface area contributed by atoms with Crippen LogP contribution in [0.5, 0.6) is 0 Å².